The molecule has 0 amide bonds. The van der Waals surface area contributed by atoms with Crippen LogP contribution in [0.4, 0.5) is 0 Å². The minimum Gasteiger partial charge on any atom is -0.301 e. The number of hydrogen-bond acceptors (Lipinski definition) is 4. The van der Waals surface area contributed by atoms with Crippen molar-refractivity contribution in [2.24, 2.45) is 11.5 Å². The molecule has 0 aliphatic carbocycles. The Morgan fingerprint density at radius 3 is 2.00 bits per heavy atom. The van der Waals surface area contributed by atoms with Crippen LogP contribution in [0, 0.1) is 0 Å². The van der Waals surface area contributed by atoms with Gasteiger partial charge >= 0.3 is 0 Å². The molecule has 0 fully saturated rings. The van der Waals surface area contributed by atoms with E-state index >= 15 is 0 Å². The Hall–Kier alpha value is -0.130. The third-order valence-electron chi connectivity index (χ3n) is 2.52. The highest BCUT2D eigenvalue weighted by atomic mass is 32.2. The monoisotopic (exact) mass is 236 g/mol. The van der Waals surface area contributed by atoms with E-state index in [9.17, 15) is 8.42 Å². The molecule has 0 radical (unpaired) electrons. The first-order valence-corrected chi connectivity index (χ1v) is 7.32. The van der Waals surface area contributed by atoms with E-state index in [0.29, 0.717) is 12.8 Å². The molecule has 15 heavy (non-hydrogen) atoms. The smallest absolute Gasteiger partial charge is 0.182 e. The van der Waals surface area contributed by atoms with Gasteiger partial charge in [-0.15, -0.1) is 0 Å². The van der Waals surface area contributed by atoms with Crippen molar-refractivity contribution in [1.29, 1.82) is 0 Å². The molecular formula is C10H24N2O2S. The first kappa shape index (κ1) is 14.9. The molecule has 0 spiro atoms. The molecule has 4 nitrogen and oxygen atoms in total. The van der Waals surface area contributed by atoms with Gasteiger partial charge in [-0.25, -0.2) is 8.42 Å². The molecule has 0 aromatic rings. The largest absolute Gasteiger partial charge is 0.301 e. The number of sulfone groups is 1. The van der Waals surface area contributed by atoms with Gasteiger partial charge in [0.2, 0.25) is 0 Å². The third kappa shape index (κ3) is 4.95. The van der Waals surface area contributed by atoms with Crippen LogP contribution < -0.4 is 11.5 Å². The molecule has 0 heterocycles. The second-order valence-electron chi connectivity index (χ2n) is 4.08. The van der Waals surface area contributed by atoms with Crippen LogP contribution in [0.3, 0.4) is 0 Å². The maximum Gasteiger partial charge on any atom is 0.182 e. The molecule has 0 bridgehead atoms. The summed E-state index contributed by atoms with van der Waals surface area (Å²) in [5.74, 6) is 0.109. The van der Waals surface area contributed by atoms with Gasteiger partial charge in [0.05, 0.1) is 5.75 Å². The van der Waals surface area contributed by atoms with Gasteiger partial charge in [-0.2, -0.15) is 0 Å². The fraction of sp³-hybridized carbons (Fsp3) is 1.00. The average molecular weight is 236 g/mol. The van der Waals surface area contributed by atoms with Gasteiger partial charge in [-0.1, -0.05) is 33.1 Å². The molecule has 0 aromatic heterocycles. The topological polar surface area (TPSA) is 86.2 Å². The van der Waals surface area contributed by atoms with Crippen LogP contribution in [-0.4, -0.2) is 19.2 Å². The molecule has 0 saturated heterocycles. The molecule has 0 saturated carbocycles. The van der Waals surface area contributed by atoms with E-state index in [2.05, 4.69) is 0 Å². The Morgan fingerprint density at radius 2 is 1.53 bits per heavy atom. The molecule has 0 atom stereocenters. The molecule has 0 rings (SSSR count). The van der Waals surface area contributed by atoms with Gasteiger partial charge in [0, 0.05) is 0 Å². The predicted octanol–water partition coefficient (Wildman–Crippen LogP) is 1.35. The van der Waals surface area contributed by atoms with E-state index in [-0.39, 0.29) is 5.75 Å². The molecule has 0 aliphatic heterocycles. The lowest BCUT2D eigenvalue weighted by molar-refractivity contribution is 0.482. The average Bonchev–Trinajstić information content (AvgIpc) is 2.15. The molecule has 0 unspecified atom stereocenters. The van der Waals surface area contributed by atoms with Crippen molar-refractivity contribution in [1.82, 2.24) is 0 Å². The molecule has 4 N–H and O–H groups in total. The van der Waals surface area contributed by atoms with Crippen molar-refractivity contribution in [3.63, 3.8) is 0 Å². The highest BCUT2D eigenvalue weighted by molar-refractivity contribution is 7.92. The normalized spacial score (nSPS) is 13.1. The van der Waals surface area contributed by atoms with Crippen molar-refractivity contribution >= 4 is 9.84 Å². The van der Waals surface area contributed by atoms with Crippen LogP contribution >= 0.6 is 0 Å². The Labute approximate surface area is 93.3 Å². The molecule has 5 heteroatoms. The predicted molar refractivity (Wildman–Crippen MR) is 63.9 cm³/mol. The van der Waals surface area contributed by atoms with Gasteiger partial charge in [0.1, 0.15) is 0 Å². The van der Waals surface area contributed by atoms with Gasteiger partial charge in [-0.3, -0.25) is 0 Å². The summed E-state index contributed by atoms with van der Waals surface area (Å²) in [5.41, 5.74) is 11.3. The number of hydrogen-bond donors (Lipinski definition) is 2. The first-order valence-electron chi connectivity index (χ1n) is 5.67. The van der Waals surface area contributed by atoms with Gasteiger partial charge in [-0.05, 0) is 19.3 Å². The van der Waals surface area contributed by atoms with Crippen LogP contribution in [0.5, 0.6) is 0 Å². The lowest BCUT2D eigenvalue weighted by atomic mass is 10.2. The molecule has 92 valence electrons. The zero-order chi connectivity index (χ0) is 11.9. The fourth-order valence-electron chi connectivity index (χ4n) is 1.34. The van der Waals surface area contributed by atoms with Crippen molar-refractivity contribution in [2.75, 3.05) is 5.75 Å². The summed E-state index contributed by atoms with van der Waals surface area (Å²) in [5, 5.41) is 0. The summed E-state index contributed by atoms with van der Waals surface area (Å²) in [6.45, 7) is 4.02. The Bertz CT molecular complexity index is 261. The quantitative estimate of drug-likeness (QED) is 0.492. The third-order valence-corrected chi connectivity index (χ3v) is 4.71. The first-order chi connectivity index (χ1) is 6.87. The maximum atomic E-state index is 11.8. The Morgan fingerprint density at radius 1 is 1.00 bits per heavy atom. The Balaban J connectivity index is 4.28. The summed E-state index contributed by atoms with van der Waals surface area (Å²) < 4.78 is 23.6. The zero-order valence-corrected chi connectivity index (χ0v) is 10.6. The van der Waals surface area contributed by atoms with Crippen molar-refractivity contribution in [2.45, 2.75) is 57.4 Å². The second kappa shape index (κ2) is 6.45. The van der Waals surface area contributed by atoms with E-state index in [1.807, 2.05) is 13.8 Å². The summed E-state index contributed by atoms with van der Waals surface area (Å²) in [6.07, 6.45) is 4.55. The van der Waals surface area contributed by atoms with E-state index in [0.717, 1.165) is 25.7 Å². The Kier molecular flexibility index (Phi) is 6.40. The lowest BCUT2D eigenvalue weighted by Gasteiger charge is -2.24. The highest BCUT2D eigenvalue weighted by Gasteiger charge is 2.34. The molecule has 0 aromatic carbocycles. The number of rotatable bonds is 8. The number of unbranched alkanes of at least 4 members (excludes halogenated alkanes) is 3. The van der Waals surface area contributed by atoms with Crippen LogP contribution in [0.15, 0.2) is 0 Å². The zero-order valence-electron chi connectivity index (χ0n) is 9.83. The van der Waals surface area contributed by atoms with E-state index in [1.54, 1.807) is 0 Å². The molecule has 0 aliphatic rings. The minimum absolute atomic E-state index is 0.109. The summed E-state index contributed by atoms with van der Waals surface area (Å²) >= 11 is 0. The standard InChI is InChI=1S/C10H24N2O2S/c1-3-5-7-9-15(13,14)10(11,12)8-6-4-2/h3-9,11-12H2,1-2H3. The summed E-state index contributed by atoms with van der Waals surface area (Å²) in [7, 11) is -3.35. The second-order valence-corrected chi connectivity index (χ2v) is 6.48. The van der Waals surface area contributed by atoms with Crippen LogP contribution in [0.1, 0.15) is 52.4 Å². The van der Waals surface area contributed by atoms with Gasteiger partial charge < -0.3 is 11.5 Å². The van der Waals surface area contributed by atoms with E-state index in [4.69, 9.17) is 11.5 Å². The highest BCUT2D eigenvalue weighted by Crippen LogP contribution is 2.15. The summed E-state index contributed by atoms with van der Waals surface area (Å²) in [6, 6.07) is 0. The van der Waals surface area contributed by atoms with E-state index < -0.39 is 14.8 Å². The van der Waals surface area contributed by atoms with Crippen molar-refractivity contribution in [3.8, 4) is 0 Å². The minimum atomic E-state index is -3.35. The lowest BCUT2D eigenvalue weighted by Crippen LogP contribution is -2.56. The van der Waals surface area contributed by atoms with Crippen molar-refractivity contribution < 1.29 is 8.42 Å². The van der Waals surface area contributed by atoms with Crippen LogP contribution in [0.25, 0.3) is 0 Å². The SMILES string of the molecule is CCCCCS(=O)(=O)C(N)(N)CCCC. The van der Waals surface area contributed by atoms with Crippen LogP contribution in [0.2, 0.25) is 0 Å². The number of nitrogens with two attached hydrogens (primary N) is 2. The molecular weight excluding hydrogens is 212 g/mol. The van der Waals surface area contributed by atoms with Crippen LogP contribution in [-0.2, 0) is 9.84 Å². The van der Waals surface area contributed by atoms with Gasteiger partial charge in [0.15, 0.2) is 14.8 Å². The summed E-state index contributed by atoms with van der Waals surface area (Å²) in [4.78, 5) is -1.53. The van der Waals surface area contributed by atoms with E-state index in [1.165, 1.54) is 0 Å². The van der Waals surface area contributed by atoms with Gasteiger partial charge in [0.25, 0.3) is 0 Å². The fourth-order valence-corrected chi connectivity index (χ4v) is 2.76. The maximum absolute atomic E-state index is 11.8. The van der Waals surface area contributed by atoms with Crippen molar-refractivity contribution in [3.05, 3.63) is 0 Å².